The molecule has 2 aliphatic rings. The zero-order chi connectivity index (χ0) is 12.1. The van der Waals surface area contributed by atoms with E-state index >= 15 is 0 Å². The van der Waals surface area contributed by atoms with Gasteiger partial charge in [0, 0.05) is 0 Å². The van der Waals surface area contributed by atoms with Crippen LogP contribution in [0.3, 0.4) is 0 Å². The molecule has 17 heavy (non-hydrogen) atoms. The van der Waals surface area contributed by atoms with E-state index in [0.717, 1.165) is 0 Å². The summed E-state index contributed by atoms with van der Waals surface area (Å²) in [6, 6.07) is 0. The molecule has 0 aromatic carbocycles. The monoisotopic (exact) mass is 254 g/mol. The summed E-state index contributed by atoms with van der Waals surface area (Å²) < 4.78 is 5.40. The van der Waals surface area contributed by atoms with Crippen molar-refractivity contribution in [3.05, 3.63) is 0 Å². The Morgan fingerprint density at radius 2 is 1.06 bits per heavy atom. The molecule has 0 spiro atoms. The third-order valence-electron chi connectivity index (χ3n) is 4.03. The Morgan fingerprint density at radius 1 is 0.706 bits per heavy atom. The molecule has 0 radical (unpaired) electrons. The first-order valence-corrected chi connectivity index (χ1v) is 8.13. The summed E-state index contributed by atoms with van der Waals surface area (Å²) in [4.78, 5) is 5.12. The molecular weight excluding hydrogens is 227 g/mol. The van der Waals surface area contributed by atoms with Crippen LogP contribution in [0, 0.1) is 0 Å². The Morgan fingerprint density at radius 3 is 1.35 bits per heavy atom. The van der Waals surface area contributed by atoms with Crippen molar-refractivity contribution in [3.63, 3.8) is 0 Å². The summed E-state index contributed by atoms with van der Waals surface area (Å²) in [5.74, 6) is 0. The summed E-state index contributed by atoms with van der Waals surface area (Å²) in [7, 11) is 0. The van der Waals surface area contributed by atoms with E-state index in [1.165, 1.54) is 65.4 Å². The molecule has 5 heteroatoms. The van der Waals surface area contributed by atoms with E-state index in [0.29, 0.717) is 15.7 Å². The maximum absolute atomic E-state index is 2.70. The Labute approximate surface area is 114 Å². The first-order valence-electron chi connectivity index (χ1n) is 7.09. The van der Waals surface area contributed by atoms with Crippen molar-refractivity contribution in [2.24, 2.45) is 0 Å². The molecule has 0 amide bonds. The van der Waals surface area contributed by atoms with Crippen LogP contribution in [0.1, 0.15) is 15.3 Å². The van der Waals surface area contributed by atoms with Crippen LogP contribution in [0.25, 0.3) is 0 Å². The molecule has 0 atom stereocenters. The Hall–Kier alpha value is 0.372. The topological polar surface area (TPSA) is 13.0 Å². The molecule has 0 saturated carbocycles. The van der Waals surface area contributed by atoms with E-state index in [2.05, 4.69) is 31.4 Å². The average Bonchev–Trinajstić information content (AvgIpc) is 2.40. The molecule has 0 aromatic rings. The third-order valence-corrected chi connectivity index (χ3v) is 5.72. The van der Waals surface area contributed by atoms with E-state index in [9.17, 15) is 0 Å². The molecule has 0 unspecified atom stereocenters. The van der Waals surface area contributed by atoms with Crippen LogP contribution in [-0.4, -0.2) is 98.7 Å². The van der Waals surface area contributed by atoms with Gasteiger partial charge in [-0.1, -0.05) is 0 Å². The van der Waals surface area contributed by atoms with Gasteiger partial charge < -0.3 is 1.43 Å². The van der Waals surface area contributed by atoms with E-state index < -0.39 is 0 Å². The van der Waals surface area contributed by atoms with Crippen LogP contribution in [0.5, 0.6) is 0 Å². The summed E-state index contributed by atoms with van der Waals surface area (Å²) >= 11 is 0.399. The van der Waals surface area contributed by atoms with Gasteiger partial charge in [0.1, 0.15) is 0 Å². The number of likely N-dealkylation sites (N-methyl/N-ethyl adjacent to an activating group) is 2. The molecule has 2 aliphatic heterocycles. The van der Waals surface area contributed by atoms with E-state index in [1.807, 2.05) is 0 Å². The number of hydrogen-bond acceptors (Lipinski definition) is 4. The van der Waals surface area contributed by atoms with E-state index in [-0.39, 0.29) is 1.43 Å². The minimum Gasteiger partial charge on any atom is -1.00 e. The van der Waals surface area contributed by atoms with Crippen molar-refractivity contribution in [1.29, 1.82) is 0 Å². The van der Waals surface area contributed by atoms with Gasteiger partial charge in [-0.3, -0.25) is 0 Å². The van der Waals surface area contributed by atoms with Gasteiger partial charge in [0.25, 0.3) is 0 Å². The van der Waals surface area contributed by atoms with Crippen molar-refractivity contribution in [2.75, 3.05) is 65.4 Å². The molecule has 0 aliphatic carbocycles. The summed E-state index contributed by atoms with van der Waals surface area (Å²) in [6.45, 7) is 17.2. The molecule has 4 nitrogen and oxygen atoms in total. The summed E-state index contributed by atoms with van der Waals surface area (Å²) in [6.07, 6.45) is 0. The van der Waals surface area contributed by atoms with Crippen molar-refractivity contribution >= 4 is 15.7 Å². The predicted octanol–water partition coefficient (Wildman–Crippen LogP) is -0.0919. The molecule has 2 rings (SSSR count). The Kier molecular flexibility index (Phi) is 5.75. The molecule has 2 fully saturated rings. The minimum atomic E-state index is 0. The second kappa shape index (κ2) is 7.08. The fourth-order valence-electron chi connectivity index (χ4n) is 2.62. The average molecular weight is 254 g/mol. The third kappa shape index (κ3) is 4.20. The van der Waals surface area contributed by atoms with Crippen LogP contribution in [0.15, 0.2) is 0 Å². The molecule has 98 valence electrons. The van der Waals surface area contributed by atoms with Gasteiger partial charge >= 0.3 is 113 Å². The molecule has 2 saturated heterocycles. The van der Waals surface area contributed by atoms with Gasteiger partial charge in [0.2, 0.25) is 0 Å². The second-order valence-corrected chi connectivity index (χ2v) is 6.75. The minimum absolute atomic E-state index is 0. The summed E-state index contributed by atoms with van der Waals surface area (Å²) in [5, 5.41) is 0. The Balaban J connectivity index is 0.00000162. The van der Waals surface area contributed by atoms with Crippen LogP contribution in [-0.2, 0) is 0 Å². The Bertz CT molecular complexity index is 194. The van der Waals surface area contributed by atoms with Gasteiger partial charge in [-0.2, -0.15) is 0 Å². The zero-order valence-electron chi connectivity index (χ0n) is 12.4. The fraction of sp³-hybridized carbons (Fsp3) is 1.00. The molecule has 0 N–H and O–H groups in total. The van der Waals surface area contributed by atoms with Crippen molar-refractivity contribution in [3.8, 4) is 0 Å². The smallest absolute Gasteiger partial charge is 1.00 e. The fourth-order valence-corrected chi connectivity index (χ4v) is 4.01. The van der Waals surface area contributed by atoms with Gasteiger partial charge in [0.05, 0.1) is 0 Å². The first-order chi connectivity index (χ1) is 8.31. The van der Waals surface area contributed by atoms with Gasteiger partial charge in [-0.15, -0.1) is 0 Å². The number of hydrogen-bond donors (Lipinski definition) is 0. The SMILES string of the molecule is CCN1CC[N]([Al+][N]2CCN(CC)CC2)CC1.[H-]. The maximum atomic E-state index is 2.70. The van der Waals surface area contributed by atoms with E-state index in [1.54, 1.807) is 0 Å². The van der Waals surface area contributed by atoms with Crippen LogP contribution in [0.4, 0.5) is 0 Å². The van der Waals surface area contributed by atoms with Crippen molar-refractivity contribution in [2.45, 2.75) is 13.8 Å². The standard InChI is InChI=1S/2C6H13N2.Al.H/c2*1-2-8-5-3-7-4-6-8;;/h2*2-6H2,1H3;;/q2*-1;+3;-1. The first kappa shape index (κ1) is 13.8. The van der Waals surface area contributed by atoms with Gasteiger partial charge in [0.15, 0.2) is 0 Å². The maximum Gasteiger partial charge on any atom is -1.00 e. The number of piperazine rings is 2. The molecule has 0 bridgehead atoms. The second-order valence-electron chi connectivity index (χ2n) is 5.06. The largest absolute Gasteiger partial charge is 1.00 e. The van der Waals surface area contributed by atoms with Crippen LogP contribution in [0.2, 0.25) is 0 Å². The number of rotatable bonds is 4. The van der Waals surface area contributed by atoms with Crippen molar-refractivity contribution in [1.82, 2.24) is 17.6 Å². The number of nitrogens with zero attached hydrogens (tertiary/aromatic N) is 4. The van der Waals surface area contributed by atoms with Crippen molar-refractivity contribution < 1.29 is 1.43 Å². The van der Waals surface area contributed by atoms with Crippen LogP contribution >= 0.6 is 0 Å². The van der Waals surface area contributed by atoms with Gasteiger partial charge in [-0.05, 0) is 0 Å². The molecule has 0 aromatic heterocycles. The van der Waals surface area contributed by atoms with Gasteiger partial charge in [-0.25, -0.2) is 0 Å². The zero-order valence-corrected chi connectivity index (χ0v) is 12.6. The quantitative estimate of drug-likeness (QED) is 0.650. The molecule has 2 heterocycles. The predicted molar refractivity (Wildman–Crippen MR) is 74.2 cm³/mol. The summed E-state index contributed by atoms with van der Waals surface area (Å²) in [5.41, 5.74) is 0. The normalized spacial score (nSPS) is 26.0. The van der Waals surface area contributed by atoms with E-state index in [4.69, 9.17) is 0 Å². The van der Waals surface area contributed by atoms with Crippen LogP contribution < -0.4 is 0 Å². The molecular formula is C12H27AlN4.